The Hall–Kier alpha value is -3.50. The third kappa shape index (κ3) is 6.75. The summed E-state index contributed by atoms with van der Waals surface area (Å²) >= 11 is 9.17. The molecule has 11 nitrogen and oxygen atoms in total. The van der Waals surface area contributed by atoms with E-state index in [-0.39, 0.29) is 5.69 Å². The molecule has 1 fully saturated rings. The number of thiazole rings is 1. The molecule has 0 unspecified atom stereocenters. The zero-order valence-electron chi connectivity index (χ0n) is 19.9. The Morgan fingerprint density at radius 3 is 2.44 bits per heavy atom. The lowest BCUT2D eigenvalue weighted by Crippen LogP contribution is -2.48. The van der Waals surface area contributed by atoms with E-state index in [1.807, 2.05) is 19.3 Å². The van der Waals surface area contributed by atoms with E-state index in [0.29, 0.717) is 26.1 Å². The lowest BCUT2D eigenvalue weighted by molar-refractivity contribution is -0.192. The van der Waals surface area contributed by atoms with E-state index in [1.165, 1.54) is 34.8 Å². The first kappa shape index (κ1) is 28.5. The molecule has 0 aromatic carbocycles. The number of aromatic amines is 1. The number of alkyl halides is 3. The molecule has 0 atom stereocenters. The van der Waals surface area contributed by atoms with Gasteiger partial charge in [-0.1, -0.05) is 18.5 Å². The number of nitrogens with zero attached hydrogens (tertiary/aromatic N) is 6. The van der Waals surface area contributed by atoms with Crippen molar-refractivity contribution >= 4 is 63.5 Å². The number of aromatic nitrogens is 6. The maximum absolute atomic E-state index is 11.1. The van der Waals surface area contributed by atoms with Crippen LogP contribution >= 0.6 is 34.7 Å². The number of aromatic carboxylic acids is 1. The number of aryl methyl sites for hydroxylation is 1. The molecule has 4 aromatic heterocycles. The zero-order valence-corrected chi connectivity index (χ0v) is 22.3. The molecule has 1 aliphatic heterocycles. The predicted molar refractivity (Wildman–Crippen MR) is 137 cm³/mol. The minimum atomic E-state index is -5.08. The van der Waals surface area contributed by atoms with E-state index >= 15 is 0 Å². The molecule has 39 heavy (non-hydrogen) atoms. The number of aliphatic carboxylic acids is 1. The number of hydrogen-bond acceptors (Lipinski definition) is 10. The Labute approximate surface area is 231 Å². The van der Waals surface area contributed by atoms with Crippen LogP contribution in [0.2, 0.25) is 5.02 Å². The van der Waals surface area contributed by atoms with Crippen LogP contribution in [0.3, 0.4) is 0 Å². The van der Waals surface area contributed by atoms with E-state index in [1.54, 1.807) is 0 Å². The number of halogens is 4. The van der Waals surface area contributed by atoms with E-state index < -0.39 is 18.1 Å². The monoisotopic (exact) mass is 601 g/mol. The van der Waals surface area contributed by atoms with Gasteiger partial charge in [-0.15, -0.1) is 11.3 Å². The molecule has 3 N–H and O–H groups in total. The summed E-state index contributed by atoms with van der Waals surface area (Å²) < 4.78 is 32.3. The summed E-state index contributed by atoms with van der Waals surface area (Å²) in [5.41, 5.74) is 2.73. The van der Waals surface area contributed by atoms with Crippen LogP contribution in [0.1, 0.15) is 28.7 Å². The third-order valence-electron chi connectivity index (χ3n) is 5.50. The molecule has 0 radical (unpaired) electrons. The van der Waals surface area contributed by atoms with Gasteiger partial charge in [0.25, 0.3) is 0 Å². The van der Waals surface area contributed by atoms with Crippen molar-refractivity contribution in [3.8, 4) is 0 Å². The lowest BCUT2D eigenvalue weighted by atomic mass is 9.93. The summed E-state index contributed by atoms with van der Waals surface area (Å²) in [6, 6.07) is 0. The molecule has 1 saturated heterocycles. The fraction of sp³-hybridized carbons (Fsp3) is 0.318. The minimum Gasteiger partial charge on any atom is -0.476 e. The summed E-state index contributed by atoms with van der Waals surface area (Å²) in [7, 11) is 0. The van der Waals surface area contributed by atoms with E-state index in [2.05, 4.69) is 29.8 Å². The second-order valence-corrected chi connectivity index (χ2v) is 10.7. The molecule has 206 valence electrons. The number of nitrogens with one attached hydrogen (secondary N) is 1. The fourth-order valence-corrected chi connectivity index (χ4v) is 5.71. The van der Waals surface area contributed by atoms with Gasteiger partial charge in [0.05, 0.1) is 10.4 Å². The van der Waals surface area contributed by atoms with Crippen molar-refractivity contribution in [3.05, 3.63) is 46.1 Å². The normalized spacial score (nSPS) is 13.6. The Morgan fingerprint density at radius 2 is 1.87 bits per heavy atom. The molecule has 0 aliphatic carbocycles. The van der Waals surface area contributed by atoms with Gasteiger partial charge in [-0.2, -0.15) is 13.2 Å². The Morgan fingerprint density at radius 1 is 1.21 bits per heavy atom. The van der Waals surface area contributed by atoms with Crippen LogP contribution in [0.4, 0.5) is 19.0 Å². The summed E-state index contributed by atoms with van der Waals surface area (Å²) in [5.74, 6) is -2.55. The molecular weight excluding hydrogens is 583 g/mol. The quantitative estimate of drug-likeness (QED) is 0.255. The van der Waals surface area contributed by atoms with E-state index in [9.17, 15) is 18.0 Å². The average molecular weight is 602 g/mol. The van der Waals surface area contributed by atoms with Crippen molar-refractivity contribution in [2.24, 2.45) is 5.92 Å². The number of fused-ring (bicyclic) bond motifs is 1. The van der Waals surface area contributed by atoms with Gasteiger partial charge < -0.3 is 20.1 Å². The van der Waals surface area contributed by atoms with E-state index in [4.69, 9.17) is 31.6 Å². The first-order valence-corrected chi connectivity index (χ1v) is 13.3. The number of carbonyl (C=O) groups is 2. The molecule has 1 aliphatic rings. The molecule has 5 heterocycles. The maximum Gasteiger partial charge on any atom is 0.490 e. The van der Waals surface area contributed by atoms with Crippen molar-refractivity contribution in [1.29, 1.82) is 0 Å². The molecule has 0 bridgehead atoms. The highest BCUT2D eigenvalue weighted by molar-refractivity contribution is 8.00. The Balaban J connectivity index is 0.000000448. The number of H-pyrrole nitrogens is 1. The van der Waals surface area contributed by atoms with Crippen LogP contribution in [0.15, 0.2) is 33.6 Å². The molecule has 17 heteroatoms. The van der Waals surface area contributed by atoms with Crippen molar-refractivity contribution in [1.82, 2.24) is 29.9 Å². The summed E-state index contributed by atoms with van der Waals surface area (Å²) in [5, 5.41) is 19.7. The SMILES string of the molecule is CCc1[nH]c2nc(Sc3nc(C(=O)O)cs3)nc(N3CC(Cc4cncnc4)C3)c2c1Cl.O=C(O)C(F)(F)F. The van der Waals surface area contributed by atoms with Gasteiger partial charge in [-0.3, -0.25) is 0 Å². The van der Waals surface area contributed by atoms with E-state index in [0.717, 1.165) is 48.4 Å². The first-order chi connectivity index (χ1) is 18.5. The van der Waals surface area contributed by atoms with Crippen LogP contribution in [0.5, 0.6) is 0 Å². The number of carboxylic acids is 2. The highest BCUT2D eigenvalue weighted by atomic mass is 35.5. The molecule has 4 aromatic rings. The van der Waals surface area contributed by atoms with Gasteiger partial charge in [0, 0.05) is 36.6 Å². The van der Waals surface area contributed by atoms with Gasteiger partial charge in [0.2, 0.25) is 0 Å². The lowest BCUT2D eigenvalue weighted by Gasteiger charge is -2.40. The molecule has 5 rings (SSSR count). The summed E-state index contributed by atoms with van der Waals surface area (Å²) in [6.07, 6.45) is 1.81. The Kier molecular flexibility index (Phi) is 8.56. The number of carboxylic acid groups (broad SMARTS) is 2. The standard InChI is InChI=1S/C20H18ClN7O2S2.C2HF3O2/c1-2-12-15(21)14-16(24-12)26-19(32-20-25-13(8-31-20)18(29)30)27-17(14)28-6-11(7-28)3-10-4-22-9-23-5-10;3-2(4,5)1(6)7/h4-5,8-9,11H,2-3,6-7H2,1H3,(H,29,30)(H,24,26,27);(H,6,7). The van der Waals surface area contributed by atoms with Gasteiger partial charge in [-0.25, -0.2) is 34.5 Å². The second kappa shape index (κ2) is 11.7. The van der Waals surface area contributed by atoms with Crippen LogP contribution in [-0.2, 0) is 17.6 Å². The molecule has 0 saturated carbocycles. The maximum atomic E-state index is 11.1. The Bertz CT molecular complexity index is 1490. The van der Waals surface area contributed by atoms with Crippen molar-refractivity contribution in [3.63, 3.8) is 0 Å². The molecule has 0 amide bonds. The zero-order chi connectivity index (χ0) is 28.3. The fourth-order valence-electron chi connectivity index (χ4n) is 3.71. The second-order valence-electron chi connectivity index (χ2n) is 8.26. The van der Waals surface area contributed by atoms with Crippen LogP contribution in [0, 0.1) is 5.92 Å². The third-order valence-corrected chi connectivity index (χ3v) is 7.72. The van der Waals surface area contributed by atoms with Crippen molar-refractivity contribution < 1.29 is 33.0 Å². The highest BCUT2D eigenvalue weighted by Crippen LogP contribution is 2.39. The molecular formula is C22H19ClF3N7O4S2. The van der Waals surface area contributed by atoms with Gasteiger partial charge in [0.15, 0.2) is 15.2 Å². The number of rotatable bonds is 7. The van der Waals surface area contributed by atoms with Crippen molar-refractivity contribution in [2.75, 3.05) is 18.0 Å². The van der Waals surface area contributed by atoms with Crippen LogP contribution in [0.25, 0.3) is 11.0 Å². The topological polar surface area (TPSA) is 158 Å². The van der Waals surface area contributed by atoms with Crippen LogP contribution in [-0.4, -0.2) is 71.3 Å². The first-order valence-electron chi connectivity index (χ1n) is 11.2. The number of hydrogen-bond donors (Lipinski definition) is 3. The molecule has 0 spiro atoms. The van der Waals surface area contributed by atoms with Gasteiger partial charge >= 0.3 is 18.1 Å². The van der Waals surface area contributed by atoms with Crippen LogP contribution < -0.4 is 4.90 Å². The van der Waals surface area contributed by atoms with Crippen molar-refractivity contribution in [2.45, 2.75) is 35.4 Å². The average Bonchev–Trinajstić information content (AvgIpc) is 3.45. The summed E-state index contributed by atoms with van der Waals surface area (Å²) in [6.45, 7) is 3.72. The van der Waals surface area contributed by atoms with Gasteiger partial charge in [-0.05, 0) is 36.1 Å². The highest BCUT2D eigenvalue weighted by Gasteiger charge is 2.38. The predicted octanol–water partition coefficient (Wildman–Crippen LogP) is 4.58. The number of anilines is 1. The minimum absolute atomic E-state index is 0.0189. The largest absolute Gasteiger partial charge is 0.490 e. The van der Waals surface area contributed by atoms with Gasteiger partial charge in [0.1, 0.15) is 17.8 Å². The smallest absolute Gasteiger partial charge is 0.476 e. The summed E-state index contributed by atoms with van der Waals surface area (Å²) in [4.78, 5) is 47.3.